The Morgan fingerprint density at radius 2 is 1.85 bits per heavy atom. The molecule has 0 aliphatic carbocycles. The van der Waals surface area contributed by atoms with Crippen molar-refractivity contribution in [2.24, 2.45) is 0 Å². The van der Waals surface area contributed by atoms with E-state index in [-0.39, 0.29) is 4.90 Å². The molecule has 26 heavy (non-hydrogen) atoms. The average Bonchev–Trinajstić information content (AvgIpc) is 3.00. The van der Waals surface area contributed by atoms with E-state index in [1.807, 2.05) is 0 Å². The van der Waals surface area contributed by atoms with Crippen LogP contribution in [0.4, 0.5) is 13.2 Å². The van der Waals surface area contributed by atoms with Crippen LogP contribution in [0.25, 0.3) is 11.0 Å². The molecule has 1 aromatic heterocycles. The first-order valence-corrected chi connectivity index (χ1v) is 9.41. The maximum absolute atomic E-state index is 12.8. The molecule has 3 nitrogen and oxygen atoms in total. The minimum atomic E-state index is -4.43. The number of fused-ring (bicyclic) bond motifs is 3. The molecule has 0 amide bonds. The molecule has 3 aromatic rings. The molecule has 136 valence electrons. The fourth-order valence-electron chi connectivity index (χ4n) is 3.05. The molecular formula is C18H13ClF3NO2S. The van der Waals surface area contributed by atoms with Gasteiger partial charge in [-0.25, -0.2) is 4.21 Å². The zero-order chi connectivity index (χ0) is 18.5. The molecule has 0 spiro atoms. The Bertz CT molecular complexity index is 1010. The van der Waals surface area contributed by atoms with E-state index in [1.54, 1.807) is 12.1 Å². The van der Waals surface area contributed by atoms with Gasteiger partial charge in [-0.1, -0.05) is 11.6 Å². The van der Waals surface area contributed by atoms with Gasteiger partial charge in [0.05, 0.1) is 21.4 Å². The summed E-state index contributed by atoms with van der Waals surface area (Å²) in [4.78, 5) is 0.709. The second-order valence-electron chi connectivity index (χ2n) is 6.00. The molecule has 2 aromatic carbocycles. The molecule has 1 aliphatic heterocycles. The number of halogens is 4. The number of furan rings is 1. The molecule has 0 saturated heterocycles. The molecule has 1 atom stereocenters. The summed E-state index contributed by atoms with van der Waals surface area (Å²) in [5.41, 5.74) is 0.759. The standard InChI is InChI=1S/C18H13ClF3NO2S/c19-15-8-12(7-13-14-9-23-6-5-16(14)25-17(13)15)26(24)11-3-1-10(2-4-11)18(20,21)22/h1-4,7-8,23H,5-6,9H2. The predicted molar refractivity (Wildman–Crippen MR) is 92.8 cm³/mol. The van der Waals surface area contributed by atoms with Gasteiger partial charge in [-0.15, -0.1) is 0 Å². The van der Waals surface area contributed by atoms with E-state index in [0.717, 1.165) is 41.8 Å². The normalized spacial score (nSPS) is 15.8. The van der Waals surface area contributed by atoms with Crippen LogP contribution >= 0.6 is 11.6 Å². The fourth-order valence-corrected chi connectivity index (χ4v) is 4.48. The zero-order valence-corrected chi connectivity index (χ0v) is 14.9. The maximum Gasteiger partial charge on any atom is 0.416 e. The van der Waals surface area contributed by atoms with Gasteiger partial charge in [0.1, 0.15) is 5.76 Å². The molecule has 8 heteroatoms. The summed E-state index contributed by atoms with van der Waals surface area (Å²) < 4.78 is 56.7. The summed E-state index contributed by atoms with van der Waals surface area (Å²) >= 11 is 6.30. The van der Waals surface area contributed by atoms with E-state index < -0.39 is 22.5 Å². The monoisotopic (exact) mass is 399 g/mol. The van der Waals surface area contributed by atoms with Crippen LogP contribution in [0.3, 0.4) is 0 Å². The van der Waals surface area contributed by atoms with E-state index in [0.29, 0.717) is 22.0 Å². The van der Waals surface area contributed by atoms with Crippen molar-refractivity contribution in [3.05, 3.63) is 58.3 Å². The summed E-state index contributed by atoms with van der Waals surface area (Å²) in [6.07, 6.45) is -3.68. The highest BCUT2D eigenvalue weighted by molar-refractivity contribution is 7.85. The molecule has 1 N–H and O–H groups in total. The lowest BCUT2D eigenvalue weighted by atomic mass is 10.1. The average molecular weight is 400 g/mol. The molecule has 0 radical (unpaired) electrons. The van der Waals surface area contributed by atoms with Gasteiger partial charge >= 0.3 is 6.18 Å². The van der Waals surface area contributed by atoms with Gasteiger partial charge in [-0.05, 0) is 36.4 Å². The van der Waals surface area contributed by atoms with Crippen LogP contribution in [0.1, 0.15) is 16.9 Å². The molecule has 0 saturated carbocycles. The van der Waals surface area contributed by atoms with E-state index in [2.05, 4.69) is 5.32 Å². The number of nitrogens with one attached hydrogen (secondary N) is 1. The Kier molecular flexibility index (Phi) is 4.33. The number of alkyl halides is 3. The highest BCUT2D eigenvalue weighted by atomic mass is 35.5. The Morgan fingerprint density at radius 3 is 2.54 bits per heavy atom. The van der Waals surface area contributed by atoms with Crippen LogP contribution in [0.2, 0.25) is 5.02 Å². The summed E-state index contributed by atoms with van der Waals surface area (Å²) in [5, 5.41) is 4.38. The zero-order valence-electron chi connectivity index (χ0n) is 13.3. The third kappa shape index (κ3) is 3.04. The van der Waals surface area contributed by atoms with Gasteiger partial charge in [0, 0.05) is 40.3 Å². The van der Waals surface area contributed by atoms with Crippen molar-refractivity contribution in [3.8, 4) is 0 Å². The Morgan fingerprint density at radius 1 is 1.12 bits per heavy atom. The highest BCUT2D eigenvalue weighted by Gasteiger charge is 2.30. The molecule has 0 fully saturated rings. The third-order valence-electron chi connectivity index (χ3n) is 4.34. The minimum absolute atomic E-state index is 0.281. The molecule has 4 rings (SSSR count). The molecular weight excluding hydrogens is 387 g/mol. The van der Waals surface area contributed by atoms with Crippen molar-refractivity contribution in [1.82, 2.24) is 5.32 Å². The summed E-state index contributed by atoms with van der Waals surface area (Å²) in [7, 11) is -1.65. The van der Waals surface area contributed by atoms with Gasteiger partial charge in [-0.2, -0.15) is 13.2 Å². The van der Waals surface area contributed by atoms with Crippen LogP contribution in [0, 0.1) is 0 Å². The van der Waals surface area contributed by atoms with Crippen LogP contribution in [-0.2, 0) is 29.9 Å². The quantitative estimate of drug-likeness (QED) is 0.665. The van der Waals surface area contributed by atoms with E-state index in [4.69, 9.17) is 16.0 Å². The van der Waals surface area contributed by atoms with Crippen LogP contribution < -0.4 is 5.32 Å². The Hall–Kier alpha value is -1.83. The maximum atomic E-state index is 12.8. The largest absolute Gasteiger partial charge is 0.459 e. The van der Waals surface area contributed by atoms with Crippen molar-refractivity contribution in [1.29, 1.82) is 0 Å². The smallest absolute Gasteiger partial charge is 0.416 e. The topological polar surface area (TPSA) is 42.2 Å². The molecule has 0 bridgehead atoms. The van der Waals surface area contributed by atoms with Gasteiger partial charge < -0.3 is 9.73 Å². The summed E-state index contributed by atoms with van der Waals surface area (Å²) in [5.74, 6) is 0.859. The van der Waals surface area contributed by atoms with Crippen molar-refractivity contribution < 1.29 is 21.8 Å². The van der Waals surface area contributed by atoms with E-state index in [1.165, 1.54) is 12.1 Å². The molecule has 1 aliphatic rings. The SMILES string of the molecule is O=S(c1ccc(C(F)(F)F)cc1)c1cc(Cl)c2oc3c(c2c1)CNCC3. The number of rotatable bonds is 2. The Labute approximate surface area is 154 Å². The van der Waals surface area contributed by atoms with Crippen molar-refractivity contribution in [2.45, 2.75) is 28.9 Å². The lowest BCUT2D eigenvalue weighted by Gasteiger charge is -2.11. The first kappa shape index (κ1) is 17.6. The van der Waals surface area contributed by atoms with Gasteiger partial charge in [-0.3, -0.25) is 0 Å². The molecule has 1 unspecified atom stereocenters. The first-order chi connectivity index (χ1) is 12.3. The van der Waals surface area contributed by atoms with Gasteiger partial charge in [0.2, 0.25) is 0 Å². The van der Waals surface area contributed by atoms with Crippen LogP contribution in [0.5, 0.6) is 0 Å². The predicted octanol–water partition coefficient (Wildman–Crippen LogP) is 4.92. The number of hydrogen-bond acceptors (Lipinski definition) is 3. The van der Waals surface area contributed by atoms with E-state index >= 15 is 0 Å². The molecule has 2 heterocycles. The Balaban J connectivity index is 1.75. The lowest BCUT2D eigenvalue weighted by Crippen LogP contribution is -2.22. The van der Waals surface area contributed by atoms with Crippen molar-refractivity contribution >= 4 is 33.4 Å². The van der Waals surface area contributed by atoms with Crippen molar-refractivity contribution in [2.75, 3.05) is 6.54 Å². The minimum Gasteiger partial charge on any atom is -0.459 e. The summed E-state index contributed by atoms with van der Waals surface area (Å²) in [6.45, 7) is 1.45. The fraction of sp³-hybridized carbons (Fsp3) is 0.222. The second kappa shape index (κ2) is 6.40. The van der Waals surface area contributed by atoms with Crippen LogP contribution in [-0.4, -0.2) is 10.8 Å². The van der Waals surface area contributed by atoms with Crippen molar-refractivity contribution in [3.63, 3.8) is 0 Å². The summed E-state index contributed by atoms with van der Waals surface area (Å²) in [6, 6.07) is 7.59. The van der Waals surface area contributed by atoms with Crippen LogP contribution in [0.15, 0.2) is 50.6 Å². The third-order valence-corrected chi connectivity index (χ3v) is 5.99. The highest BCUT2D eigenvalue weighted by Crippen LogP contribution is 2.36. The van der Waals surface area contributed by atoms with Gasteiger partial charge in [0.25, 0.3) is 0 Å². The van der Waals surface area contributed by atoms with Gasteiger partial charge in [0.15, 0.2) is 5.58 Å². The lowest BCUT2D eigenvalue weighted by molar-refractivity contribution is -0.137. The number of benzene rings is 2. The second-order valence-corrected chi connectivity index (χ2v) is 7.89. The van der Waals surface area contributed by atoms with E-state index in [9.17, 15) is 17.4 Å². The first-order valence-electron chi connectivity index (χ1n) is 7.88. The number of hydrogen-bond donors (Lipinski definition) is 1.